The van der Waals surface area contributed by atoms with Gasteiger partial charge < -0.3 is 14.7 Å². The second-order valence-electron chi connectivity index (χ2n) is 4.82. The zero-order chi connectivity index (χ0) is 12.3. The third kappa shape index (κ3) is 3.43. The molecule has 1 atom stereocenters. The van der Waals surface area contributed by atoms with Crippen LogP contribution in [0.1, 0.15) is 32.1 Å². The Kier molecular flexibility index (Phi) is 3.99. The van der Waals surface area contributed by atoms with Gasteiger partial charge in [-0.15, -0.1) is 0 Å². The summed E-state index contributed by atoms with van der Waals surface area (Å²) in [7, 11) is 0. The van der Waals surface area contributed by atoms with Gasteiger partial charge in [-0.1, -0.05) is 0 Å². The van der Waals surface area contributed by atoms with Gasteiger partial charge in [0, 0.05) is 19.2 Å². The molecule has 0 radical (unpaired) electrons. The zero-order valence-electron chi connectivity index (χ0n) is 9.93. The number of nitrogens with zero attached hydrogens (tertiary/aromatic N) is 1. The minimum absolute atomic E-state index is 0.0375. The van der Waals surface area contributed by atoms with Crippen molar-refractivity contribution in [2.45, 2.75) is 38.1 Å². The van der Waals surface area contributed by atoms with Crippen molar-refractivity contribution in [1.82, 2.24) is 4.90 Å². The van der Waals surface area contributed by atoms with Crippen molar-refractivity contribution in [3.8, 4) is 0 Å². The highest BCUT2D eigenvalue weighted by atomic mass is 16.5. The summed E-state index contributed by atoms with van der Waals surface area (Å²) in [6.45, 7) is 1.58. The maximum Gasteiger partial charge on any atom is 0.305 e. The molecule has 0 aromatic rings. The molecule has 1 aliphatic heterocycles. The number of carbonyl (C=O) groups is 2. The monoisotopic (exact) mass is 241 g/mol. The smallest absolute Gasteiger partial charge is 0.305 e. The van der Waals surface area contributed by atoms with E-state index < -0.39 is 5.97 Å². The van der Waals surface area contributed by atoms with E-state index in [1.165, 1.54) is 0 Å². The van der Waals surface area contributed by atoms with Crippen LogP contribution in [-0.4, -0.2) is 47.7 Å². The molecule has 1 amide bonds. The lowest BCUT2D eigenvalue weighted by Gasteiger charge is -2.29. The Hall–Kier alpha value is -1.10. The topological polar surface area (TPSA) is 66.8 Å². The van der Waals surface area contributed by atoms with Crippen molar-refractivity contribution in [3.05, 3.63) is 0 Å². The molecule has 0 aromatic carbocycles. The molecule has 1 N–H and O–H groups in total. The van der Waals surface area contributed by atoms with Crippen LogP contribution in [0.4, 0.5) is 0 Å². The van der Waals surface area contributed by atoms with Crippen molar-refractivity contribution in [1.29, 1.82) is 0 Å². The summed E-state index contributed by atoms with van der Waals surface area (Å²) < 4.78 is 5.32. The van der Waals surface area contributed by atoms with Crippen LogP contribution in [0.15, 0.2) is 0 Å². The highest BCUT2D eigenvalue weighted by Crippen LogP contribution is 2.29. The van der Waals surface area contributed by atoms with Gasteiger partial charge in [0.15, 0.2) is 0 Å². The number of carboxylic acid groups (broad SMARTS) is 1. The van der Waals surface area contributed by atoms with Gasteiger partial charge in [-0.3, -0.25) is 9.59 Å². The van der Waals surface area contributed by atoms with Crippen LogP contribution >= 0.6 is 0 Å². The summed E-state index contributed by atoms with van der Waals surface area (Å²) in [5, 5.41) is 8.69. The zero-order valence-corrected chi connectivity index (χ0v) is 9.93. The SMILES string of the molecule is O=C(O)CCN(C(=O)C1CCCOC1)C1CC1. The lowest BCUT2D eigenvalue weighted by molar-refractivity contribution is -0.142. The van der Waals surface area contributed by atoms with Gasteiger partial charge in [-0.25, -0.2) is 0 Å². The minimum atomic E-state index is -0.844. The molecule has 1 aliphatic carbocycles. The second-order valence-corrected chi connectivity index (χ2v) is 4.82. The van der Waals surface area contributed by atoms with E-state index in [1.54, 1.807) is 4.90 Å². The molecule has 17 heavy (non-hydrogen) atoms. The summed E-state index contributed by atoms with van der Waals surface area (Å²) in [4.78, 5) is 24.6. The van der Waals surface area contributed by atoms with Crippen molar-refractivity contribution >= 4 is 11.9 Å². The first-order valence-corrected chi connectivity index (χ1v) is 6.28. The van der Waals surface area contributed by atoms with Crippen molar-refractivity contribution in [2.24, 2.45) is 5.92 Å². The van der Waals surface area contributed by atoms with Crippen LogP contribution in [-0.2, 0) is 14.3 Å². The van der Waals surface area contributed by atoms with Gasteiger partial charge in [-0.2, -0.15) is 0 Å². The van der Waals surface area contributed by atoms with Crippen LogP contribution in [0, 0.1) is 5.92 Å². The minimum Gasteiger partial charge on any atom is -0.481 e. The van der Waals surface area contributed by atoms with E-state index >= 15 is 0 Å². The Morgan fingerprint density at radius 3 is 2.59 bits per heavy atom. The average molecular weight is 241 g/mol. The Morgan fingerprint density at radius 1 is 1.29 bits per heavy atom. The largest absolute Gasteiger partial charge is 0.481 e. The molecule has 0 spiro atoms. The molecule has 0 bridgehead atoms. The van der Waals surface area contributed by atoms with Gasteiger partial charge in [0.05, 0.1) is 18.9 Å². The fraction of sp³-hybridized carbons (Fsp3) is 0.833. The van der Waals surface area contributed by atoms with E-state index in [0.29, 0.717) is 13.2 Å². The Morgan fingerprint density at radius 2 is 2.06 bits per heavy atom. The number of ether oxygens (including phenoxy) is 1. The number of hydrogen-bond acceptors (Lipinski definition) is 3. The van der Waals surface area contributed by atoms with Crippen LogP contribution < -0.4 is 0 Å². The standard InChI is InChI=1S/C12H19NO4/c14-11(15)5-6-13(10-3-4-10)12(16)9-2-1-7-17-8-9/h9-10H,1-8H2,(H,14,15). The fourth-order valence-corrected chi connectivity index (χ4v) is 2.25. The first-order chi connectivity index (χ1) is 8.18. The molecule has 2 rings (SSSR count). The quantitative estimate of drug-likeness (QED) is 0.776. The Labute approximate surface area is 101 Å². The second kappa shape index (κ2) is 5.49. The van der Waals surface area contributed by atoms with Gasteiger partial charge in [0.25, 0.3) is 0 Å². The van der Waals surface area contributed by atoms with Crippen molar-refractivity contribution in [2.75, 3.05) is 19.8 Å². The number of hydrogen-bond donors (Lipinski definition) is 1. The number of rotatable bonds is 5. The molecular weight excluding hydrogens is 222 g/mol. The molecule has 5 heteroatoms. The maximum atomic E-state index is 12.2. The molecule has 1 unspecified atom stereocenters. The summed E-state index contributed by atoms with van der Waals surface area (Å²) >= 11 is 0. The molecule has 5 nitrogen and oxygen atoms in total. The molecule has 1 saturated carbocycles. The normalized spacial score (nSPS) is 24.4. The van der Waals surface area contributed by atoms with Crippen molar-refractivity contribution in [3.63, 3.8) is 0 Å². The number of amides is 1. The van der Waals surface area contributed by atoms with E-state index in [2.05, 4.69) is 0 Å². The lowest BCUT2D eigenvalue weighted by atomic mass is 10.0. The number of carbonyl (C=O) groups excluding carboxylic acids is 1. The summed E-state index contributed by atoms with van der Waals surface area (Å²) in [6.07, 6.45) is 3.86. The van der Waals surface area contributed by atoms with Gasteiger partial charge >= 0.3 is 5.97 Å². The first kappa shape index (κ1) is 12.4. The number of carboxylic acids is 1. The van der Waals surface area contributed by atoms with Crippen molar-refractivity contribution < 1.29 is 19.4 Å². The van der Waals surface area contributed by atoms with Crippen LogP contribution in [0.5, 0.6) is 0 Å². The molecule has 1 heterocycles. The number of aliphatic carboxylic acids is 1. The first-order valence-electron chi connectivity index (χ1n) is 6.28. The molecule has 0 aromatic heterocycles. The van der Waals surface area contributed by atoms with Gasteiger partial charge in [0.2, 0.25) is 5.91 Å². The van der Waals surface area contributed by atoms with Gasteiger partial charge in [-0.05, 0) is 25.7 Å². The summed E-state index contributed by atoms with van der Waals surface area (Å²) in [6, 6.07) is 0.281. The maximum absolute atomic E-state index is 12.2. The lowest BCUT2D eigenvalue weighted by Crippen LogP contribution is -2.41. The van der Waals surface area contributed by atoms with E-state index in [0.717, 1.165) is 32.3 Å². The molecule has 1 saturated heterocycles. The third-order valence-electron chi connectivity index (χ3n) is 3.35. The van der Waals surface area contributed by atoms with Gasteiger partial charge in [0.1, 0.15) is 0 Å². The highest BCUT2D eigenvalue weighted by Gasteiger charge is 2.36. The highest BCUT2D eigenvalue weighted by molar-refractivity contribution is 5.80. The van der Waals surface area contributed by atoms with E-state index in [-0.39, 0.29) is 24.3 Å². The predicted octanol–water partition coefficient (Wildman–Crippen LogP) is 0.879. The third-order valence-corrected chi connectivity index (χ3v) is 3.35. The van der Waals surface area contributed by atoms with E-state index in [4.69, 9.17) is 9.84 Å². The fourth-order valence-electron chi connectivity index (χ4n) is 2.25. The summed E-state index contributed by atoms with van der Waals surface area (Å²) in [5.74, 6) is -0.810. The van der Waals surface area contributed by atoms with Crippen LogP contribution in [0.3, 0.4) is 0 Å². The predicted molar refractivity (Wildman–Crippen MR) is 60.5 cm³/mol. The molecule has 2 aliphatic rings. The van der Waals surface area contributed by atoms with E-state index in [9.17, 15) is 9.59 Å². The molecule has 96 valence electrons. The Bertz CT molecular complexity index is 295. The average Bonchev–Trinajstić information content (AvgIpc) is 3.14. The van der Waals surface area contributed by atoms with E-state index in [1.807, 2.05) is 0 Å². The molecular formula is C12H19NO4. The Balaban J connectivity index is 1.89. The van der Waals surface area contributed by atoms with Crippen LogP contribution in [0.25, 0.3) is 0 Å². The van der Waals surface area contributed by atoms with Crippen LogP contribution in [0.2, 0.25) is 0 Å². The molecule has 2 fully saturated rings. The summed E-state index contributed by atoms with van der Waals surface area (Å²) in [5.41, 5.74) is 0.